The molecule has 1 aromatic rings. The fourth-order valence-electron chi connectivity index (χ4n) is 1.71. The van der Waals surface area contributed by atoms with Crippen molar-refractivity contribution in [2.24, 2.45) is 0 Å². The second-order valence-electron chi connectivity index (χ2n) is 4.63. The summed E-state index contributed by atoms with van der Waals surface area (Å²) in [7, 11) is -2.08. The highest BCUT2D eigenvalue weighted by Gasteiger charge is 2.33. The Bertz CT molecular complexity index is 664. The van der Waals surface area contributed by atoms with Crippen molar-refractivity contribution >= 4 is 27.5 Å². The Morgan fingerprint density at radius 1 is 1.11 bits per heavy atom. The van der Waals surface area contributed by atoms with Crippen LogP contribution in [0, 0.1) is 0 Å². The van der Waals surface area contributed by atoms with Crippen LogP contribution in [0.1, 0.15) is 34.6 Å². The number of hydrogen-bond donors (Lipinski definition) is 1. The van der Waals surface area contributed by atoms with Gasteiger partial charge in [-0.15, -0.1) is 0 Å². The predicted molar refractivity (Wildman–Crippen MR) is 70.5 cm³/mol. The van der Waals surface area contributed by atoms with Gasteiger partial charge < -0.3 is 0 Å². The van der Waals surface area contributed by atoms with Gasteiger partial charge in [0.05, 0.1) is 16.4 Å². The van der Waals surface area contributed by atoms with E-state index < -0.39 is 21.2 Å². The van der Waals surface area contributed by atoms with Gasteiger partial charge >= 0.3 is 0 Å². The fourth-order valence-corrected chi connectivity index (χ4v) is 2.40. The molecule has 102 valence electrons. The molecule has 0 aromatic heterocycles. The maximum atomic E-state index is 11.8. The first kappa shape index (κ1) is 13.5. The number of hydrogen-bond acceptors (Lipinski definition) is 4. The van der Waals surface area contributed by atoms with Crippen LogP contribution in [-0.4, -0.2) is 37.4 Å². The lowest BCUT2D eigenvalue weighted by molar-refractivity contribution is 0.0693. The number of amides is 2. The summed E-state index contributed by atoms with van der Waals surface area (Å²) < 4.78 is 25.9. The van der Waals surface area contributed by atoms with Crippen molar-refractivity contribution in [3.8, 4) is 0 Å². The standard InChI is InChI=1S/C12H14N2O4S/c1-7(2)19(17,18)13-8-4-5-9-10(6-8)12(16)14(3)11(9)15/h4-7,13H,1-3H3. The number of anilines is 1. The Morgan fingerprint density at radius 3 is 2.26 bits per heavy atom. The number of benzene rings is 1. The molecule has 2 amide bonds. The number of rotatable bonds is 3. The van der Waals surface area contributed by atoms with Crippen molar-refractivity contribution in [2.75, 3.05) is 11.8 Å². The van der Waals surface area contributed by atoms with Gasteiger partial charge in [-0.2, -0.15) is 0 Å². The maximum Gasteiger partial charge on any atom is 0.261 e. The zero-order valence-electron chi connectivity index (χ0n) is 10.8. The molecule has 0 radical (unpaired) electrons. The molecule has 2 rings (SSSR count). The first-order valence-electron chi connectivity index (χ1n) is 5.72. The summed E-state index contributed by atoms with van der Waals surface area (Å²) in [6, 6.07) is 4.32. The Morgan fingerprint density at radius 2 is 1.68 bits per heavy atom. The van der Waals surface area contributed by atoms with Gasteiger partial charge in [0.2, 0.25) is 10.0 Å². The van der Waals surface area contributed by atoms with Gasteiger partial charge in [0.15, 0.2) is 0 Å². The van der Waals surface area contributed by atoms with E-state index in [-0.39, 0.29) is 17.2 Å². The third-order valence-electron chi connectivity index (χ3n) is 2.97. The van der Waals surface area contributed by atoms with Crippen molar-refractivity contribution in [3.63, 3.8) is 0 Å². The van der Waals surface area contributed by atoms with E-state index in [2.05, 4.69) is 4.72 Å². The quantitative estimate of drug-likeness (QED) is 0.840. The van der Waals surface area contributed by atoms with Crippen LogP contribution in [0.2, 0.25) is 0 Å². The molecule has 0 saturated carbocycles. The summed E-state index contributed by atoms with van der Waals surface area (Å²) in [6.45, 7) is 3.11. The zero-order valence-corrected chi connectivity index (χ0v) is 11.6. The largest absolute Gasteiger partial charge is 0.283 e. The minimum atomic E-state index is -3.47. The number of nitrogens with zero attached hydrogens (tertiary/aromatic N) is 1. The lowest BCUT2D eigenvalue weighted by Crippen LogP contribution is -2.24. The summed E-state index contributed by atoms with van der Waals surface area (Å²) in [5.41, 5.74) is 0.792. The third kappa shape index (κ3) is 2.21. The summed E-state index contributed by atoms with van der Waals surface area (Å²) in [5, 5.41) is -0.583. The molecule has 0 unspecified atom stereocenters. The highest BCUT2D eigenvalue weighted by molar-refractivity contribution is 7.93. The second-order valence-corrected chi connectivity index (χ2v) is 6.86. The van der Waals surface area contributed by atoms with E-state index in [1.165, 1.54) is 25.2 Å². The Balaban J connectivity index is 2.40. The topological polar surface area (TPSA) is 83.6 Å². The number of fused-ring (bicyclic) bond motifs is 1. The van der Waals surface area contributed by atoms with Gasteiger partial charge in [-0.05, 0) is 32.0 Å². The molecule has 0 fully saturated rings. The monoisotopic (exact) mass is 282 g/mol. The second kappa shape index (κ2) is 4.34. The molecule has 0 saturated heterocycles. The molecule has 19 heavy (non-hydrogen) atoms. The number of sulfonamides is 1. The molecular formula is C12H14N2O4S. The fraction of sp³-hybridized carbons (Fsp3) is 0.333. The molecule has 1 aliphatic rings. The molecule has 7 heteroatoms. The lowest BCUT2D eigenvalue weighted by Gasteiger charge is -2.11. The van der Waals surface area contributed by atoms with Gasteiger partial charge in [-0.1, -0.05) is 0 Å². The van der Waals surface area contributed by atoms with E-state index in [1.807, 2.05) is 0 Å². The van der Waals surface area contributed by atoms with Gasteiger partial charge in [0.25, 0.3) is 11.8 Å². The van der Waals surface area contributed by atoms with Crippen LogP contribution in [0.4, 0.5) is 5.69 Å². The van der Waals surface area contributed by atoms with Gasteiger partial charge in [-0.25, -0.2) is 8.42 Å². The van der Waals surface area contributed by atoms with E-state index >= 15 is 0 Å². The van der Waals surface area contributed by atoms with Crippen LogP contribution in [-0.2, 0) is 10.0 Å². The molecule has 1 aliphatic heterocycles. The van der Waals surface area contributed by atoms with Crippen LogP contribution < -0.4 is 4.72 Å². The predicted octanol–water partition coefficient (Wildman–Crippen LogP) is 1.06. The van der Waals surface area contributed by atoms with E-state index in [1.54, 1.807) is 13.8 Å². The van der Waals surface area contributed by atoms with E-state index in [9.17, 15) is 18.0 Å². The number of carbonyl (C=O) groups is 2. The van der Waals surface area contributed by atoms with Gasteiger partial charge in [-0.3, -0.25) is 19.2 Å². The van der Waals surface area contributed by atoms with Crippen LogP contribution >= 0.6 is 0 Å². The molecule has 1 heterocycles. The first-order chi connectivity index (χ1) is 8.74. The lowest BCUT2D eigenvalue weighted by atomic mass is 10.1. The van der Waals surface area contributed by atoms with Crippen LogP contribution in [0.15, 0.2) is 18.2 Å². The van der Waals surface area contributed by atoms with Gasteiger partial charge in [0.1, 0.15) is 0 Å². The summed E-state index contributed by atoms with van der Waals surface area (Å²) in [6.07, 6.45) is 0. The molecule has 1 aromatic carbocycles. The molecular weight excluding hydrogens is 268 g/mol. The van der Waals surface area contributed by atoms with E-state index in [4.69, 9.17) is 0 Å². The van der Waals surface area contributed by atoms with E-state index in [0.29, 0.717) is 5.56 Å². The zero-order chi connectivity index (χ0) is 14.4. The Labute approximate surface area is 111 Å². The minimum Gasteiger partial charge on any atom is -0.283 e. The van der Waals surface area contributed by atoms with Crippen molar-refractivity contribution in [1.82, 2.24) is 4.90 Å². The molecule has 1 N–H and O–H groups in total. The maximum absolute atomic E-state index is 11.8. The minimum absolute atomic E-state index is 0.219. The number of imide groups is 1. The average Bonchev–Trinajstić information content (AvgIpc) is 2.54. The third-order valence-corrected chi connectivity index (χ3v) is 4.73. The van der Waals surface area contributed by atoms with E-state index in [0.717, 1.165) is 4.90 Å². The van der Waals surface area contributed by atoms with Crippen LogP contribution in [0.3, 0.4) is 0 Å². The van der Waals surface area contributed by atoms with Crippen molar-refractivity contribution in [1.29, 1.82) is 0 Å². The molecule has 6 nitrogen and oxygen atoms in total. The highest BCUT2D eigenvalue weighted by Crippen LogP contribution is 2.25. The average molecular weight is 282 g/mol. The van der Waals surface area contributed by atoms with Gasteiger partial charge in [0, 0.05) is 12.7 Å². The normalized spacial score (nSPS) is 15.1. The first-order valence-corrected chi connectivity index (χ1v) is 7.26. The molecule has 0 atom stereocenters. The molecule has 0 spiro atoms. The summed E-state index contributed by atoms with van der Waals surface area (Å²) >= 11 is 0. The number of nitrogens with one attached hydrogen (secondary N) is 1. The summed E-state index contributed by atoms with van der Waals surface area (Å²) in [4.78, 5) is 24.5. The van der Waals surface area contributed by atoms with Crippen molar-refractivity contribution < 1.29 is 18.0 Å². The number of carbonyl (C=O) groups excluding carboxylic acids is 2. The highest BCUT2D eigenvalue weighted by atomic mass is 32.2. The molecule has 0 aliphatic carbocycles. The SMILES string of the molecule is CC(C)S(=O)(=O)Nc1ccc2c(c1)C(=O)N(C)C2=O. The van der Waals surface area contributed by atoms with Crippen LogP contribution in [0.5, 0.6) is 0 Å². The van der Waals surface area contributed by atoms with Crippen LogP contribution in [0.25, 0.3) is 0 Å². The summed E-state index contributed by atoms with van der Waals surface area (Å²) in [5.74, 6) is -0.802. The Hall–Kier alpha value is -1.89. The molecule has 0 bridgehead atoms. The van der Waals surface area contributed by atoms with Crippen molar-refractivity contribution in [3.05, 3.63) is 29.3 Å². The van der Waals surface area contributed by atoms with Crippen molar-refractivity contribution in [2.45, 2.75) is 19.1 Å². The Kier molecular flexibility index (Phi) is 3.09. The smallest absolute Gasteiger partial charge is 0.261 e.